The minimum absolute atomic E-state index is 0.0344. The molecular weight excluding hydrogens is 312 g/mol. The second-order valence-corrected chi connectivity index (χ2v) is 6.29. The number of nitrogens with one attached hydrogen (secondary N) is 2. The van der Waals surface area contributed by atoms with E-state index < -0.39 is 0 Å². The van der Waals surface area contributed by atoms with Crippen LogP contribution in [0.25, 0.3) is 10.8 Å². The van der Waals surface area contributed by atoms with Gasteiger partial charge in [0.25, 0.3) is 5.91 Å². The van der Waals surface area contributed by atoms with Crippen molar-refractivity contribution in [1.82, 2.24) is 0 Å². The summed E-state index contributed by atoms with van der Waals surface area (Å²) in [6.45, 7) is 0. The monoisotopic (exact) mass is 330 g/mol. The van der Waals surface area contributed by atoms with Crippen LogP contribution in [0.1, 0.15) is 28.8 Å². The Labute approximate surface area is 145 Å². The predicted molar refractivity (Wildman–Crippen MR) is 99.9 cm³/mol. The second kappa shape index (κ2) is 6.40. The molecule has 0 spiro atoms. The van der Waals surface area contributed by atoms with Crippen molar-refractivity contribution in [3.63, 3.8) is 0 Å². The normalized spacial score (nSPS) is 13.7. The maximum Gasteiger partial charge on any atom is 0.255 e. The molecule has 3 aromatic rings. The Bertz CT molecular complexity index is 979. The Hall–Kier alpha value is -3.14. The molecule has 0 saturated carbocycles. The third kappa shape index (κ3) is 3.24. The molecule has 1 aliphatic rings. The highest BCUT2D eigenvalue weighted by Crippen LogP contribution is 2.24. The number of aryl methyl sites for hydroxylation is 1. The van der Waals surface area contributed by atoms with Gasteiger partial charge in [0.05, 0.1) is 0 Å². The van der Waals surface area contributed by atoms with E-state index in [1.807, 2.05) is 54.6 Å². The molecule has 1 aliphatic heterocycles. The highest BCUT2D eigenvalue weighted by molar-refractivity contribution is 6.06. The van der Waals surface area contributed by atoms with Crippen molar-refractivity contribution in [1.29, 1.82) is 0 Å². The number of carbonyl (C=O) groups is 2. The van der Waals surface area contributed by atoms with Gasteiger partial charge in [0.2, 0.25) is 5.91 Å². The second-order valence-electron chi connectivity index (χ2n) is 6.29. The topological polar surface area (TPSA) is 58.2 Å². The van der Waals surface area contributed by atoms with E-state index in [-0.39, 0.29) is 11.8 Å². The largest absolute Gasteiger partial charge is 0.326 e. The van der Waals surface area contributed by atoms with Crippen molar-refractivity contribution in [2.24, 2.45) is 0 Å². The van der Waals surface area contributed by atoms with E-state index in [1.54, 1.807) is 6.07 Å². The van der Waals surface area contributed by atoms with E-state index in [1.165, 1.54) is 0 Å². The van der Waals surface area contributed by atoms with Crippen LogP contribution in [0.5, 0.6) is 0 Å². The lowest BCUT2D eigenvalue weighted by atomic mass is 10.0. The van der Waals surface area contributed by atoms with Crippen LogP contribution in [-0.2, 0) is 11.2 Å². The zero-order valence-corrected chi connectivity index (χ0v) is 13.7. The predicted octanol–water partition coefficient (Wildman–Crippen LogP) is 4.37. The minimum Gasteiger partial charge on any atom is -0.326 e. The summed E-state index contributed by atoms with van der Waals surface area (Å²) in [5.41, 5.74) is 3.19. The van der Waals surface area contributed by atoms with Crippen molar-refractivity contribution < 1.29 is 9.59 Å². The van der Waals surface area contributed by atoms with Crippen LogP contribution in [0.2, 0.25) is 0 Å². The van der Waals surface area contributed by atoms with Crippen LogP contribution in [0.3, 0.4) is 0 Å². The summed E-state index contributed by atoms with van der Waals surface area (Å²) in [4.78, 5) is 24.2. The van der Waals surface area contributed by atoms with Gasteiger partial charge in [0, 0.05) is 23.4 Å². The molecule has 4 heteroatoms. The van der Waals surface area contributed by atoms with E-state index in [2.05, 4.69) is 10.6 Å². The van der Waals surface area contributed by atoms with E-state index >= 15 is 0 Å². The summed E-state index contributed by atoms with van der Waals surface area (Å²) >= 11 is 0. The van der Waals surface area contributed by atoms with Gasteiger partial charge in [-0.15, -0.1) is 0 Å². The lowest BCUT2D eigenvalue weighted by Crippen LogP contribution is -2.13. The first-order valence-electron chi connectivity index (χ1n) is 8.42. The quantitative estimate of drug-likeness (QED) is 0.733. The molecule has 25 heavy (non-hydrogen) atoms. The lowest BCUT2D eigenvalue weighted by molar-refractivity contribution is -0.116. The first kappa shape index (κ1) is 15.4. The molecular formula is C21H18N2O2. The Morgan fingerprint density at radius 2 is 1.76 bits per heavy atom. The Morgan fingerprint density at radius 3 is 2.64 bits per heavy atom. The molecule has 0 bridgehead atoms. The summed E-state index contributed by atoms with van der Waals surface area (Å²) in [6.07, 6.45) is 2.12. The molecule has 0 aliphatic carbocycles. The van der Waals surface area contributed by atoms with Gasteiger partial charge in [-0.25, -0.2) is 0 Å². The molecule has 0 radical (unpaired) electrons. The molecule has 1 heterocycles. The SMILES string of the molecule is O=C1CCCc2cc(C(=O)Nc3ccc4ccccc4c3)ccc2N1. The zero-order chi connectivity index (χ0) is 17.2. The molecule has 0 unspecified atom stereocenters. The molecule has 0 saturated heterocycles. The minimum atomic E-state index is -0.145. The first-order chi connectivity index (χ1) is 12.2. The van der Waals surface area contributed by atoms with E-state index in [4.69, 9.17) is 0 Å². The fourth-order valence-electron chi connectivity index (χ4n) is 3.19. The van der Waals surface area contributed by atoms with Crippen molar-refractivity contribution in [3.8, 4) is 0 Å². The lowest BCUT2D eigenvalue weighted by Gasteiger charge is -2.10. The van der Waals surface area contributed by atoms with Crippen molar-refractivity contribution in [3.05, 3.63) is 71.8 Å². The van der Waals surface area contributed by atoms with E-state index in [0.717, 1.165) is 40.6 Å². The third-order valence-corrected chi connectivity index (χ3v) is 4.50. The Morgan fingerprint density at radius 1 is 0.920 bits per heavy atom. The van der Waals surface area contributed by atoms with Crippen molar-refractivity contribution in [2.75, 3.05) is 10.6 Å². The van der Waals surface area contributed by atoms with E-state index in [0.29, 0.717) is 12.0 Å². The molecule has 4 nitrogen and oxygen atoms in total. The van der Waals surface area contributed by atoms with Crippen LogP contribution in [0.4, 0.5) is 11.4 Å². The van der Waals surface area contributed by atoms with Gasteiger partial charge < -0.3 is 10.6 Å². The maximum atomic E-state index is 12.6. The average molecular weight is 330 g/mol. The standard InChI is InChI=1S/C21H18N2O2/c24-20-7-3-6-16-12-17(9-11-19(16)23-20)21(25)22-18-10-8-14-4-1-2-5-15(14)13-18/h1-2,4-5,8-13H,3,6-7H2,(H,22,25)(H,23,24). The number of fused-ring (bicyclic) bond motifs is 2. The first-order valence-corrected chi connectivity index (χ1v) is 8.42. The zero-order valence-electron chi connectivity index (χ0n) is 13.7. The molecule has 2 N–H and O–H groups in total. The number of hydrogen-bond donors (Lipinski definition) is 2. The van der Waals surface area contributed by atoms with Crippen LogP contribution < -0.4 is 10.6 Å². The van der Waals surface area contributed by atoms with Crippen LogP contribution in [0.15, 0.2) is 60.7 Å². The number of hydrogen-bond acceptors (Lipinski definition) is 2. The average Bonchev–Trinajstić information content (AvgIpc) is 2.81. The summed E-state index contributed by atoms with van der Waals surface area (Å²) in [6, 6.07) is 19.4. The van der Waals surface area contributed by atoms with Crippen LogP contribution in [-0.4, -0.2) is 11.8 Å². The Kier molecular flexibility index (Phi) is 3.94. The summed E-state index contributed by atoms with van der Waals surface area (Å²) < 4.78 is 0. The molecule has 2 amide bonds. The molecule has 3 aromatic carbocycles. The van der Waals surface area contributed by atoms with Gasteiger partial charge in [-0.2, -0.15) is 0 Å². The molecule has 0 atom stereocenters. The number of carbonyl (C=O) groups excluding carboxylic acids is 2. The molecule has 0 aromatic heterocycles. The maximum absolute atomic E-state index is 12.6. The van der Waals surface area contributed by atoms with E-state index in [9.17, 15) is 9.59 Å². The van der Waals surface area contributed by atoms with Gasteiger partial charge in [-0.3, -0.25) is 9.59 Å². The highest BCUT2D eigenvalue weighted by atomic mass is 16.2. The molecule has 4 rings (SSSR count). The number of anilines is 2. The summed E-state index contributed by atoms with van der Waals surface area (Å²) in [7, 11) is 0. The van der Waals surface area contributed by atoms with Crippen molar-refractivity contribution in [2.45, 2.75) is 19.3 Å². The molecule has 124 valence electrons. The molecule has 0 fully saturated rings. The van der Waals surface area contributed by atoms with Gasteiger partial charge >= 0.3 is 0 Å². The summed E-state index contributed by atoms with van der Waals surface area (Å²) in [5.74, 6) is -0.110. The van der Waals surface area contributed by atoms with Gasteiger partial charge in [-0.05, 0) is 59.5 Å². The highest BCUT2D eigenvalue weighted by Gasteiger charge is 2.15. The van der Waals surface area contributed by atoms with Gasteiger partial charge in [0.15, 0.2) is 0 Å². The van der Waals surface area contributed by atoms with Crippen LogP contribution >= 0.6 is 0 Å². The van der Waals surface area contributed by atoms with Gasteiger partial charge in [0.1, 0.15) is 0 Å². The fourth-order valence-corrected chi connectivity index (χ4v) is 3.19. The van der Waals surface area contributed by atoms with Gasteiger partial charge in [-0.1, -0.05) is 30.3 Å². The third-order valence-electron chi connectivity index (χ3n) is 4.50. The van der Waals surface area contributed by atoms with Crippen molar-refractivity contribution >= 4 is 34.0 Å². The summed E-state index contributed by atoms with van der Waals surface area (Å²) in [5, 5.41) is 8.07. The van der Waals surface area contributed by atoms with Crippen LogP contribution in [0, 0.1) is 0 Å². The fraction of sp³-hybridized carbons (Fsp3) is 0.143. The number of amides is 2. The number of rotatable bonds is 2. The smallest absolute Gasteiger partial charge is 0.255 e. The Balaban J connectivity index is 1.58. The number of benzene rings is 3.